The number of thiazole rings is 1. The molecule has 0 radical (unpaired) electrons. The topological polar surface area (TPSA) is 69.5 Å². The summed E-state index contributed by atoms with van der Waals surface area (Å²) in [5.74, 6) is 0.914. The van der Waals surface area contributed by atoms with E-state index < -0.39 is 0 Å². The molecule has 1 aliphatic heterocycles. The number of hydrogen-bond donors (Lipinski definition) is 0. The molecule has 7 nitrogen and oxygen atoms in total. The molecule has 1 fully saturated rings. The fourth-order valence-corrected chi connectivity index (χ4v) is 4.22. The van der Waals surface area contributed by atoms with Gasteiger partial charge >= 0.3 is 0 Å². The Bertz CT molecular complexity index is 945. The van der Waals surface area contributed by atoms with Crippen molar-refractivity contribution in [3.63, 3.8) is 0 Å². The van der Waals surface area contributed by atoms with Crippen LogP contribution in [0.1, 0.15) is 53.4 Å². The number of benzene rings is 1. The van der Waals surface area contributed by atoms with Crippen LogP contribution in [0.3, 0.4) is 0 Å². The summed E-state index contributed by atoms with van der Waals surface area (Å²) in [7, 11) is 4.93. The first kappa shape index (κ1) is 27.5. The molecular weight excluding hydrogens is 448 g/mol. The highest BCUT2D eigenvalue weighted by atomic mass is 32.1. The number of hydrogen-bond acceptors (Lipinski definition) is 6. The third-order valence-electron chi connectivity index (χ3n) is 5.48. The molecule has 1 saturated heterocycles. The average Bonchev–Trinajstić information content (AvgIpc) is 3.62. The Morgan fingerprint density at radius 3 is 2.62 bits per heavy atom. The number of ether oxygens (including phenoxy) is 2. The standard InChI is InChI=1S/C20H27N3O2.C4H5NS.C2H6O/c1-3-4-7-16-9-10-17(14-19(16)25-2)20(24)23-13-5-8-18(23)15-22-12-6-11-21-22;1-4-2-5-3-6-4;1-3-2/h6,9-12,14,18H,3-5,7-8,13,15H2,1-2H3;2-3H,1H3;1-2H3. The summed E-state index contributed by atoms with van der Waals surface area (Å²) < 4.78 is 11.7. The van der Waals surface area contributed by atoms with E-state index in [2.05, 4.69) is 21.7 Å². The molecule has 34 heavy (non-hydrogen) atoms. The lowest BCUT2D eigenvalue weighted by Gasteiger charge is -2.25. The van der Waals surface area contributed by atoms with Crippen LogP contribution in [0, 0.1) is 6.92 Å². The number of methoxy groups -OCH3 is 2. The van der Waals surface area contributed by atoms with Crippen LogP contribution in [-0.4, -0.2) is 59.5 Å². The Morgan fingerprint density at radius 1 is 1.26 bits per heavy atom. The fourth-order valence-electron chi connectivity index (χ4n) is 3.81. The van der Waals surface area contributed by atoms with Gasteiger partial charge in [0.2, 0.25) is 0 Å². The SMILES string of the molecule is CCCCc1ccc(C(=O)N2CCCC2Cn2cccn2)cc1OC.COC.Cc1cncs1. The quantitative estimate of drug-likeness (QED) is 0.456. The number of amides is 1. The Hall–Kier alpha value is -2.71. The first-order chi connectivity index (χ1) is 16.5. The molecule has 2 aromatic heterocycles. The molecule has 1 aliphatic rings. The van der Waals surface area contributed by atoms with Crippen LogP contribution in [0.15, 0.2) is 48.4 Å². The van der Waals surface area contributed by atoms with E-state index in [9.17, 15) is 4.79 Å². The molecule has 186 valence electrons. The molecule has 3 heterocycles. The van der Waals surface area contributed by atoms with Crippen LogP contribution in [0.4, 0.5) is 0 Å². The Balaban J connectivity index is 0.000000383. The number of unbranched alkanes of at least 4 members (excludes halogenated alkanes) is 1. The molecule has 8 heteroatoms. The smallest absolute Gasteiger partial charge is 0.254 e. The van der Waals surface area contributed by atoms with E-state index in [1.165, 1.54) is 10.4 Å². The van der Waals surface area contributed by atoms with Gasteiger partial charge in [0.15, 0.2) is 0 Å². The van der Waals surface area contributed by atoms with Crippen LogP contribution in [0.25, 0.3) is 0 Å². The molecule has 4 rings (SSSR count). The molecular formula is C26H38N4O3S. The van der Waals surface area contributed by atoms with Gasteiger partial charge in [0, 0.05) is 49.8 Å². The minimum absolute atomic E-state index is 0.0926. The zero-order chi connectivity index (χ0) is 24.8. The van der Waals surface area contributed by atoms with Crippen LogP contribution in [0.5, 0.6) is 5.75 Å². The minimum atomic E-state index is 0.0926. The van der Waals surface area contributed by atoms with Crippen LogP contribution >= 0.6 is 11.3 Å². The molecule has 0 aliphatic carbocycles. The van der Waals surface area contributed by atoms with Crippen molar-refractivity contribution in [2.24, 2.45) is 0 Å². The molecule has 0 N–H and O–H groups in total. The first-order valence-electron chi connectivity index (χ1n) is 11.7. The molecule has 1 aromatic carbocycles. The second kappa shape index (κ2) is 15.2. The first-order valence-corrected chi connectivity index (χ1v) is 12.6. The highest BCUT2D eigenvalue weighted by molar-refractivity contribution is 7.09. The number of nitrogens with zero attached hydrogens (tertiary/aromatic N) is 4. The van der Waals surface area contributed by atoms with Crippen molar-refractivity contribution in [1.82, 2.24) is 19.7 Å². The van der Waals surface area contributed by atoms with Crippen LogP contribution in [-0.2, 0) is 17.7 Å². The normalized spacial score (nSPS) is 14.6. The predicted octanol–water partition coefficient (Wildman–Crippen LogP) is 5.25. The maximum absolute atomic E-state index is 13.0. The van der Waals surface area contributed by atoms with Crippen molar-refractivity contribution >= 4 is 17.2 Å². The van der Waals surface area contributed by atoms with Gasteiger partial charge in [0.05, 0.1) is 25.2 Å². The largest absolute Gasteiger partial charge is 0.496 e. The van der Waals surface area contributed by atoms with E-state index in [0.29, 0.717) is 5.56 Å². The molecule has 1 amide bonds. The van der Waals surface area contributed by atoms with E-state index in [0.717, 1.165) is 50.9 Å². The van der Waals surface area contributed by atoms with Crippen LogP contribution < -0.4 is 4.74 Å². The van der Waals surface area contributed by atoms with Crippen molar-refractivity contribution < 1.29 is 14.3 Å². The molecule has 1 atom stereocenters. The monoisotopic (exact) mass is 486 g/mol. The van der Waals surface area contributed by atoms with Gasteiger partial charge in [0.25, 0.3) is 5.91 Å². The van der Waals surface area contributed by atoms with Gasteiger partial charge in [-0.15, -0.1) is 11.3 Å². The molecule has 3 aromatic rings. The zero-order valence-electron chi connectivity index (χ0n) is 21.1. The third kappa shape index (κ3) is 8.57. The van der Waals surface area contributed by atoms with Gasteiger partial charge in [-0.3, -0.25) is 14.5 Å². The molecule has 0 saturated carbocycles. The average molecular weight is 487 g/mol. The number of carbonyl (C=O) groups excluding carboxylic acids is 1. The molecule has 0 spiro atoms. The maximum atomic E-state index is 13.0. The Morgan fingerprint density at radius 2 is 2.06 bits per heavy atom. The van der Waals surface area contributed by atoms with Crippen molar-refractivity contribution in [3.8, 4) is 5.75 Å². The maximum Gasteiger partial charge on any atom is 0.254 e. The Labute approximate surface area is 207 Å². The van der Waals surface area contributed by atoms with Crippen molar-refractivity contribution in [2.45, 2.75) is 58.5 Å². The lowest BCUT2D eigenvalue weighted by Crippen LogP contribution is -2.38. The summed E-state index contributed by atoms with van der Waals surface area (Å²) in [6.07, 6.45) is 10.9. The lowest BCUT2D eigenvalue weighted by atomic mass is 10.0. The van der Waals surface area contributed by atoms with Gasteiger partial charge in [-0.05, 0) is 56.4 Å². The van der Waals surface area contributed by atoms with Gasteiger partial charge in [-0.2, -0.15) is 5.10 Å². The van der Waals surface area contributed by atoms with Crippen molar-refractivity contribution in [2.75, 3.05) is 27.9 Å². The lowest BCUT2D eigenvalue weighted by molar-refractivity contribution is 0.0721. The highest BCUT2D eigenvalue weighted by Gasteiger charge is 2.30. The summed E-state index contributed by atoms with van der Waals surface area (Å²) in [6.45, 7) is 5.78. The number of rotatable bonds is 7. The Kier molecular flexibility index (Phi) is 12.3. The second-order valence-corrected chi connectivity index (χ2v) is 9.26. The minimum Gasteiger partial charge on any atom is -0.496 e. The summed E-state index contributed by atoms with van der Waals surface area (Å²) in [5.41, 5.74) is 3.72. The van der Waals surface area contributed by atoms with Crippen LogP contribution in [0.2, 0.25) is 0 Å². The fraction of sp³-hybridized carbons (Fsp3) is 0.500. The zero-order valence-corrected chi connectivity index (χ0v) is 21.9. The number of likely N-dealkylation sites (tertiary alicyclic amines) is 1. The number of carbonyl (C=O) groups is 1. The van der Waals surface area contributed by atoms with Gasteiger partial charge in [-0.25, -0.2) is 0 Å². The second-order valence-electron chi connectivity index (χ2n) is 8.17. The van der Waals surface area contributed by atoms with E-state index in [-0.39, 0.29) is 11.9 Å². The summed E-state index contributed by atoms with van der Waals surface area (Å²) in [4.78, 5) is 20.1. The highest BCUT2D eigenvalue weighted by Crippen LogP contribution is 2.26. The summed E-state index contributed by atoms with van der Waals surface area (Å²) in [6, 6.07) is 8.01. The van der Waals surface area contributed by atoms with E-state index >= 15 is 0 Å². The van der Waals surface area contributed by atoms with Gasteiger partial charge < -0.3 is 14.4 Å². The molecule has 1 unspecified atom stereocenters. The third-order valence-corrected chi connectivity index (χ3v) is 6.19. The predicted molar refractivity (Wildman–Crippen MR) is 138 cm³/mol. The van der Waals surface area contributed by atoms with Gasteiger partial charge in [-0.1, -0.05) is 19.4 Å². The summed E-state index contributed by atoms with van der Waals surface area (Å²) in [5, 5.41) is 4.27. The number of aromatic nitrogens is 3. The van der Waals surface area contributed by atoms with E-state index in [4.69, 9.17) is 4.74 Å². The van der Waals surface area contributed by atoms with E-state index in [1.807, 2.05) is 58.7 Å². The number of aryl methyl sites for hydroxylation is 2. The van der Waals surface area contributed by atoms with Crippen molar-refractivity contribution in [3.05, 3.63) is 64.4 Å². The summed E-state index contributed by atoms with van der Waals surface area (Å²) >= 11 is 1.67. The van der Waals surface area contributed by atoms with Crippen molar-refractivity contribution in [1.29, 1.82) is 0 Å². The van der Waals surface area contributed by atoms with E-state index in [1.54, 1.807) is 38.9 Å². The molecule has 0 bridgehead atoms. The van der Waals surface area contributed by atoms with Gasteiger partial charge in [0.1, 0.15) is 5.75 Å².